The first-order chi connectivity index (χ1) is 16.2. The van der Waals surface area contributed by atoms with Crippen LogP contribution < -0.4 is 11.1 Å². The molecular weight excluding hydrogens is 495 g/mol. The molecule has 34 heavy (non-hydrogen) atoms. The fourth-order valence-corrected chi connectivity index (χ4v) is 4.33. The van der Waals surface area contributed by atoms with Crippen LogP contribution in [0.25, 0.3) is 16.5 Å². The fraction of sp³-hybridized carbons (Fsp3) is 0.208. The minimum absolute atomic E-state index is 0.0371. The highest BCUT2D eigenvalue weighted by Gasteiger charge is 2.26. The van der Waals surface area contributed by atoms with Gasteiger partial charge in [0.25, 0.3) is 5.91 Å². The number of para-hydroxylation sites is 1. The number of ether oxygens (including phenoxy) is 1. The normalized spacial score (nSPS) is 10.7. The van der Waals surface area contributed by atoms with Crippen molar-refractivity contribution in [2.45, 2.75) is 20.4 Å². The zero-order valence-electron chi connectivity index (χ0n) is 18.7. The monoisotopic (exact) mass is 518 g/mol. The lowest BCUT2D eigenvalue weighted by atomic mass is 10.0. The largest absolute Gasteiger partial charge is 0.461 e. The molecule has 0 aliphatic heterocycles. The highest BCUT2D eigenvalue weighted by atomic mass is 35.5. The highest BCUT2D eigenvalue weighted by Crippen LogP contribution is 2.36. The van der Waals surface area contributed by atoms with Crippen LogP contribution in [0.5, 0.6) is 0 Å². The number of hydrogen-bond acceptors (Lipinski definition) is 4. The number of hydrogen-bond donors (Lipinski definition) is 3. The number of fused-ring (bicyclic) bond motifs is 1. The number of H-pyrrole nitrogens is 1. The molecule has 1 aromatic heterocycles. The second-order valence-electron chi connectivity index (χ2n) is 7.35. The molecule has 4 N–H and O–H groups in total. The van der Waals surface area contributed by atoms with Gasteiger partial charge in [0.2, 0.25) is 0 Å². The molecule has 0 aliphatic rings. The Balaban J connectivity index is 2.01. The van der Waals surface area contributed by atoms with Crippen molar-refractivity contribution in [1.82, 2.24) is 9.88 Å². The van der Waals surface area contributed by atoms with Gasteiger partial charge in [-0.15, -0.1) is 0 Å². The highest BCUT2D eigenvalue weighted by molar-refractivity contribution is 7.80. The van der Waals surface area contributed by atoms with Gasteiger partial charge < -0.3 is 25.7 Å². The maximum atomic E-state index is 13.3. The lowest BCUT2D eigenvalue weighted by Gasteiger charge is -2.22. The number of nitrogens with zero attached hydrogens (tertiary/aromatic N) is 1. The molecule has 1 amide bonds. The third-order valence-corrected chi connectivity index (χ3v) is 5.96. The number of esters is 1. The summed E-state index contributed by atoms with van der Waals surface area (Å²) in [7, 11) is 0. The molecular formula is C24H24Cl2N4O3S. The first-order valence-corrected chi connectivity index (χ1v) is 11.6. The topological polar surface area (TPSA) is 100 Å². The van der Waals surface area contributed by atoms with Crippen LogP contribution >= 0.6 is 35.4 Å². The zero-order chi connectivity index (χ0) is 25.0. The predicted octanol–water partition coefficient (Wildman–Crippen LogP) is 5.37. The standard InChI is InChI=1S/C24H24Cl2N4O3S/c1-4-30(24(27)34)12-14-8-6-7-9-17(14)29-22(31)13(3)19-20-16(26)10-15(25)11-18(20)28-21(19)23(32)33-5-2/h6-11,28H,3-5,12H2,1-2H3,(H2,27,34)(H,29,31). The molecule has 0 aliphatic carbocycles. The van der Waals surface area contributed by atoms with Gasteiger partial charge in [-0.2, -0.15) is 0 Å². The molecule has 0 saturated carbocycles. The molecule has 1 heterocycles. The van der Waals surface area contributed by atoms with E-state index in [1.54, 1.807) is 30.0 Å². The minimum atomic E-state index is -0.634. The van der Waals surface area contributed by atoms with Crippen LogP contribution in [0.4, 0.5) is 5.69 Å². The summed E-state index contributed by atoms with van der Waals surface area (Å²) >= 11 is 17.7. The van der Waals surface area contributed by atoms with Gasteiger partial charge in [-0.25, -0.2) is 4.79 Å². The van der Waals surface area contributed by atoms with E-state index >= 15 is 0 Å². The van der Waals surface area contributed by atoms with Crippen LogP contribution in [0.3, 0.4) is 0 Å². The predicted molar refractivity (Wildman–Crippen MR) is 141 cm³/mol. The lowest BCUT2D eigenvalue weighted by molar-refractivity contribution is -0.111. The van der Waals surface area contributed by atoms with E-state index in [1.807, 2.05) is 19.1 Å². The molecule has 0 atom stereocenters. The Morgan fingerprint density at radius 3 is 2.59 bits per heavy atom. The number of thiocarbonyl (C=S) groups is 1. The van der Waals surface area contributed by atoms with Crippen LogP contribution in [0.2, 0.25) is 10.0 Å². The molecule has 0 fully saturated rings. The number of amides is 1. The summed E-state index contributed by atoms with van der Waals surface area (Å²) in [5.74, 6) is -1.14. The summed E-state index contributed by atoms with van der Waals surface area (Å²) in [6.07, 6.45) is 0. The SMILES string of the molecule is C=C(C(=O)Nc1ccccc1CN(CC)C(N)=S)c1c(C(=O)OCC)[nH]c2cc(Cl)cc(Cl)c12. The van der Waals surface area contributed by atoms with Crippen molar-refractivity contribution >= 4 is 74.6 Å². The Kier molecular flexibility index (Phi) is 8.19. The summed E-state index contributed by atoms with van der Waals surface area (Å²) in [5.41, 5.74) is 8.02. The fourth-order valence-electron chi connectivity index (χ4n) is 3.55. The quantitative estimate of drug-likeness (QED) is 0.210. The number of benzene rings is 2. The van der Waals surface area contributed by atoms with Crippen LogP contribution in [0.1, 0.15) is 35.5 Å². The van der Waals surface area contributed by atoms with E-state index in [-0.39, 0.29) is 33.6 Å². The second kappa shape index (κ2) is 10.9. The van der Waals surface area contributed by atoms with Crippen molar-refractivity contribution in [2.24, 2.45) is 5.73 Å². The number of anilines is 1. The maximum absolute atomic E-state index is 13.3. The average Bonchev–Trinajstić information content (AvgIpc) is 3.17. The van der Waals surface area contributed by atoms with E-state index in [9.17, 15) is 9.59 Å². The van der Waals surface area contributed by atoms with E-state index in [1.165, 1.54) is 6.07 Å². The zero-order valence-corrected chi connectivity index (χ0v) is 21.0. The Bertz CT molecular complexity index is 1290. The third-order valence-electron chi connectivity index (χ3n) is 5.19. The Labute approximate surface area is 212 Å². The number of aromatic nitrogens is 1. The Morgan fingerprint density at radius 2 is 1.94 bits per heavy atom. The van der Waals surface area contributed by atoms with E-state index in [4.69, 9.17) is 45.9 Å². The average molecular weight is 519 g/mol. The number of rotatable bonds is 8. The number of carbonyl (C=O) groups is 2. The van der Waals surface area contributed by atoms with Crippen LogP contribution in [-0.2, 0) is 16.1 Å². The molecule has 2 aromatic carbocycles. The van der Waals surface area contributed by atoms with Crippen molar-refractivity contribution in [1.29, 1.82) is 0 Å². The van der Waals surface area contributed by atoms with E-state index in [2.05, 4.69) is 16.9 Å². The van der Waals surface area contributed by atoms with Gasteiger partial charge >= 0.3 is 5.97 Å². The molecule has 0 radical (unpaired) electrons. The molecule has 0 bridgehead atoms. The molecule has 10 heteroatoms. The number of nitrogens with two attached hydrogens (primary N) is 1. The summed E-state index contributed by atoms with van der Waals surface area (Å²) in [4.78, 5) is 30.7. The first kappa shape index (κ1) is 25.6. The van der Waals surface area contributed by atoms with Crippen LogP contribution in [0, 0.1) is 0 Å². The maximum Gasteiger partial charge on any atom is 0.355 e. The summed E-state index contributed by atoms with van der Waals surface area (Å²) < 4.78 is 5.17. The molecule has 0 saturated heterocycles. The summed E-state index contributed by atoms with van der Waals surface area (Å²) in [6.45, 7) is 8.78. The molecule has 178 valence electrons. The van der Waals surface area contributed by atoms with Gasteiger partial charge in [-0.1, -0.05) is 48.0 Å². The number of halogens is 2. The van der Waals surface area contributed by atoms with Crippen molar-refractivity contribution < 1.29 is 14.3 Å². The number of nitrogens with one attached hydrogen (secondary N) is 2. The van der Waals surface area contributed by atoms with Crippen LogP contribution in [-0.4, -0.2) is 40.0 Å². The smallest absolute Gasteiger partial charge is 0.355 e. The van der Waals surface area contributed by atoms with Gasteiger partial charge in [0.05, 0.1) is 11.6 Å². The van der Waals surface area contributed by atoms with Crippen LogP contribution in [0.15, 0.2) is 43.0 Å². The lowest BCUT2D eigenvalue weighted by Crippen LogP contribution is -2.35. The van der Waals surface area contributed by atoms with Gasteiger partial charge in [0.1, 0.15) is 5.69 Å². The van der Waals surface area contributed by atoms with Gasteiger partial charge in [0, 0.05) is 45.8 Å². The van der Waals surface area contributed by atoms with E-state index < -0.39 is 11.9 Å². The molecule has 7 nitrogen and oxygen atoms in total. The minimum Gasteiger partial charge on any atom is -0.461 e. The van der Waals surface area contributed by atoms with Gasteiger partial charge in [0.15, 0.2) is 5.11 Å². The molecule has 0 unspecified atom stereocenters. The molecule has 3 rings (SSSR count). The third kappa shape index (κ3) is 5.35. The van der Waals surface area contributed by atoms with Crippen molar-refractivity contribution in [3.63, 3.8) is 0 Å². The van der Waals surface area contributed by atoms with Gasteiger partial charge in [-0.05, 0) is 49.8 Å². The van der Waals surface area contributed by atoms with E-state index in [0.29, 0.717) is 34.7 Å². The van der Waals surface area contributed by atoms with Crippen molar-refractivity contribution in [3.05, 3.63) is 69.8 Å². The van der Waals surface area contributed by atoms with Gasteiger partial charge in [-0.3, -0.25) is 4.79 Å². The van der Waals surface area contributed by atoms with E-state index in [0.717, 1.165) is 5.56 Å². The Morgan fingerprint density at radius 1 is 1.24 bits per heavy atom. The second-order valence-corrected chi connectivity index (χ2v) is 8.61. The Hall–Kier alpha value is -3.07. The van der Waals surface area contributed by atoms with Crippen molar-refractivity contribution in [3.8, 4) is 0 Å². The number of carbonyl (C=O) groups excluding carboxylic acids is 2. The molecule has 3 aromatic rings. The summed E-state index contributed by atoms with van der Waals surface area (Å²) in [5, 5.41) is 4.24. The van der Waals surface area contributed by atoms with Crippen molar-refractivity contribution in [2.75, 3.05) is 18.5 Å². The first-order valence-electron chi connectivity index (χ1n) is 10.5. The molecule has 0 spiro atoms. The summed E-state index contributed by atoms with van der Waals surface area (Å²) in [6, 6.07) is 10.4. The number of aromatic amines is 1.